The number of hydrogen-bond acceptors (Lipinski definition) is 5. The molecule has 0 saturated heterocycles. The summed E-state index contributed by atoms with van der Waals surface area (Å²) in [7, 11) is 0. The van der Waals surface area contributed by atoms with E-state index < -0.39 is 18.2 Å². The molecular weight excluding hydrogens is 767 g/mol. The van der Waals surface area contributed by atoms with E-state index in [2.05, 4.69) is 50.4 Å². The van der Waals surface area contributed by atoms with Crippen LogP contribution in [0.15, 0.2) is 24.3 Å². The molecule has 0 aromatic heterocycles. The molecule has 0 aromatic carbocycles. The first-order valence-electron chi connectivity index (χ1n) is 27.6. The van der Waals surface area contributed by atoms with E-state index in [-0.39, 0.29) is 24.9 Å². The molecule has 0 aromatic rings. The lowest BCUT2D eigenvalue weighted by molar-refractivity contribution is -0.150. The van der Waals surface area contributed by atoms with Crippen molar-refractivity contribution in [3.8, 4) is 0 Å². The first-order valence-corrected chi connectivity index (χ1v) is 27.6. The first kappa shape index (κ1) is 60.3. The van der Waals surface area contributed by atoms with Crippen molar-refractivity contribution in [1.29, 1.82) is 0 Å². The van der Waals surface area contributed by atoms with E-state index in [1.165, 1.54) is 205 Å². The maximum absolute atomic E-state index is 13.2. The Labute approximate surface area is 386 Å². The number of unbranched alkanes of at least 4 members (excludes halogenated alkanes) is 34. The van der Waals surface area contributed by atoms with E-state index in [0.29, 0.717) is 25.7 Å². The molecule has 3 atom stereocenters. The van der Waals surface area contributed by atoms with Crippen LogP contribution in [0.2, 0.25) is 0 Å². The molecule has 6 nitrogen and oxygen atoms in total. The highest BCUT2D eigenvalue weighted by atomic mass is 16.5. The van der Waals surface area contributed by atoms with Crippen molar-refractivity contribution in [2.45, 2.75) is 315 Å². The average Bonchev–Trinajstić information content (AvgIpc) is 3.26. The topological polar surface area (TPSA) is 95.9 Å². The normalized spacial score (nSPS) is 13.3. The number of esters is 1. The summed E-state index contributed by atoms with van der Waals surface area (Å²) in [6.45, 7) is 6.49. The Morgan fingerprint density at radius 2 is 0.823 bits per heavy atom. The van der Waals surface area contributed by atoms with Crippen LogP contribution >= 0.6 is 0 Å². The highest BCUT2D eigenvalue weighted by molar-refractivity contribution is 5.77. The van der Waals surface area contributed by atoms with Crippen LogP contribution in [0.3, 0.4) is 0 Å². The molecule has 0 heterocycles. The Morgan fingerprint density at radius 1 is 0.468 bits per heavy atom. The van der Waals surface area contributed by atoms with Crippen molar-refractivity contribution >= 4 is 11.9 Å². The second kappa shape index (κ2) is 50.3. The van der Waals surface area contributed by atoms with Crippen LogP contribution in [-0.2, 0) is 14.3 Å². The molecule has 0 bridgehead atoms. The smallest absolute Gasteiger partial charge is 0.306 e. The Kier molecular flexibility index (Phi) is 49.0. The third kappa shape index (κ3) is 44.9. The zero-order valence-corrected chi connectivity index (χ0v) is 41.8. The van der Waals surface area contributed by atoms with Gasteiger partial charge in [0.2, 0.25) is 5.91 Å². The number of nitrogens with one attached hydrogen (secondary N) is 1. The summed E-state index contributed by atoms with van der Waals surface area (Å²) in [5, 5.41) is 23.8. The fraction of sp³-hybridized carbons (Fsp3) is 0.893. The van der Waals surface area contributed by atoms with E-state index in [9.17, 15) is 19.8 Å². The van der Waals surface area contributed by atoms with Gasteiger partial charge in [-0.3, -0.25) is 9.59 Å². The monoisotopic (exact) mass is 874 g/mol. The average molecular weight is 874 g/mol. The highest BCUT2D eigenvalue weighted by Crippen LogP contribution is 2.18. The molecule has 62 heavy (non-hydrogen) atoms. The molecule has 0 rings (SSSR count). The predicted molar refractivity (Wildman–Crippen MR) is 269 cm³/mol. The molecule has 0 aliphatic heterocycles. The van der Waals surface area contributed by atoms with Crippen LogP contribution in [0, 0.1) is 0 Å². The summed E-state index contributed by atoms with van der Waals surface area (Å²) in [5.74, 6) is -0.537. The Hall–Kier alpha value is -1.66. The minimum absolute atomic E-state index is 0.0613. The van der Waals surface area contributed by atoms with Crippen molar-refractivity contribution < 1.29 is 24.5 Å². The van der Waals surface area contributed by atoms with Gasteiger partial charge in [0, 0.05) is 6.42 Å². The van der Waals surface area contributed by atoms with Gasteiger partial charge in [-0.05, 0) is 44.9 Å². The van der Waals surface area contributed by atoms with Gasteiger partial charge in [-0.2, -0.15) is 0 Å². The Balaban J connectivity index is 4.57. The number of carbonyl (C=O) groups is 2. The van der Waals surface area contributed by atoms with Gasteiger partial charge >= 0.3 is 5.97 Å². The van der Waals surface area contributed by atoms with E-state index in [4.69, 9.17) is 4.74 Å². The van der Waals surface area contributed by atoms with Gasteiger partial charge in [-0.1, -0.05) is 263 Å². The number of ether oxygens (including phenoxy) is 1. The quantitative estimate of drug-likeness (QED) is 0.0321. The summed E-state index contributed by atoms with van der Waals surface area (Å²) in [6, 6.07) is -0.707. The number of carbonyl (C=O) groups excluding carboxylic acids is 2. The summed E-state index contributed by atoms with van der Waals surface area (Å²) < 4.78 is 5.91. The van der Waals surface area contributed by atoms with Crippen molar-refractivity contribution in [2.75, 3.05) is 6.61 Å². The lowest BCUT2D eigenvalue weighted by atomic mass is 10.0. The van der Waals surface area contributed by atoms with Crippen LogP contribution < -0.4 is 5.32 Å². The molecule has 1 amide bonds. The van der Waals surface area contributed by atoms with E-state index >= 15 is 0 Å². The number of rotatable bonds is 50. The molecule has 6 heteroatoms. The maximum atomic E-state index is 13.2. The van der Waals surface area contributed by atoms with Gasteiger partial charge in [0.05, 0.1) is 25.2 Å². The molecular formula is C56H107NO5. The summed E-state index contributed by atoms with van der Waals surface area (Å²) in [5.41, 5.74) is 0. The second-order valence-corrected chi connectivity index (χ2v) is 19.0. The van der Waals surface area contributed by atoms with Gasteiger partial charge in [0.15, 0.2) is 0 Å². The predicted octanol–water partition coefficient (Wildman–Crippen LogP) is 16.7. The Bertz CT molecular complexity index is 981. The summed E-state index contributed by atoms with van der Waals surface area (Å²) in [6.07, 6.45) is 58.2. The van der Waals surface area contributed by atoms with Gasteiger partial charge in [0.25, 0.3) is 0 Å². The van der Waals surface area contributed by atoms with Crippen molar-refractivity contribution in [3.05, 3.63) is 24.3 Å². The first-order chi connectivity index (χ1) is 30.5. The van der Waals surface area contributed by atoms with Gasteiger partial charge in [0.1, 0.15) is 6.10 Å². The van der Waals surface area contributed by atoms with Crippen LogP contribution in [0.1, 0.15) is 297 Å². The van der Waals surface area contributed by atoms with Crippen molar-refractivity contribution in [2.24, 2.45) is 0 Å². The number of hydrogen-bond donors (Lipinski definition) is 3. The molecule has 0 aliphatic carbocycles. The molecule has 0 radical (unpaired) electrons. The maximum Gasteiger partial charge on any atom is 0.306 e. The van der Waals surface area contributed by atoms with Gasteiger partial charge in [-0.15, -0.1) is 0 Å². The van der Waals surface area contributed by atoms with Gasteiger partial charge < -0.3 is 20.3 Å². The fourth-order valence-electron chi connectivity index (χ4n) is 8.60. The largest absolute Gasteiger partial charge is 0.462 e. The zero-order chi connectivity index (χ0) is 45.2. The van der Waals surface area contributed by atoms with Crippen LogP contribution in [0.4, 0.5) is 0 Å². The minimum Gasteiger partial charge on any atom is -0.462 e. The molecule has 0 saturated carbocycles. The third-order valence-corrected chi connectivity index (χ3v) is 12.8. The van der Waals surface area contributed by atoms with Crippen molar-refractivity contribution in [1.82, 2.24) is 5.32 Å². The number of aliphatic hydroxyl groups excluding tert-OH is 2. The van der Waals surface area contributed by atoms with Crippen molar-refractivity contribution in [3.63, 3.8) is 0 Å². The minimum atomic E-state index is -0.792. The molecule has 0 aliphatic rings. The summed E-state index contributed by atoms with van der Waals surface area (Å²) >= 11 is 0. The fourth-order valence-corrected chi connectivity index (χ4v) is 8.60. The number of aliphatic hydroxyl groups is 2. The lowest BCUT2D eigenvalue weighted by Gasteiger charge is -2.24. The van der Waals surface area contributed by atoms with Crippen LogP contribution in [0.5, 0.6) is 0 Å². The SMILES string of the molecule is CCCCCCCC/C=C\C/C=C/CCC(=O)OC(CCCCCCCCCCCCCCCCC)CC(=O)NC(CO)C(O)CCCCCCCCCCCCCCCCC. The lowest BCUT2D eigenvalue weighted by Crippen LogP contribution is -2.46. The molecule has 3 N–H and O–H groups in total. The standard InChI is InChI=1S/C56H107NO5/c1-4-7-10-13-16-19-22-25-27-30-32-35-38-41-44-47-52(62-56(61)49-46-43-40-37-34-29-24-21-18-15-12-9-6-3)50-55(60)57-53(51-58)54(59)48-45-42-39-36-33-31-28-26-23-20-17-14-11-8-5-2/h29,34,40,43,52-54,58-59H,4-28,30-33,35-39,41-42,44-51H2,1-3H3,(H,57,60)/b34-29-,43-40+. The number of allylic oxidation sites excluding steroid dienone is 4. The zero-order valence-electron chi connectivity index (χ0n) is 41.8. The van der Waals surface area contributed by atoms with Crippen LogP contribution in [-0.4, -0.2) is 46.9 Å². The van der Waals surface area contributed by atoms with E-state index in [1.807, 2.05) is 0 Å². The molecule has 0 fully saturated rings. The van der Waals surface area contributed by atoms with E-state index in [1.54, 1.807) is 0 Å². The second-order valence-electron chi connectivity index (χ2n) is 19.0. The third-order valence-electron chi connectivity index (χ3n) is 12.8. The molecule has 3 unspecified atom stereocenters. The van der Waals surface area contributed by atoms with Gasteiger partial charge in [-0.25, -0.2) is 0 Å². The van der Waals surface area contributed by atoms with Crippen LogP contribution in [0.25, 0.3) is 0 Å². The van der Waals surface area contributed by atoms with E-state index in [0.717, 1.165) is 38.5 Å². The molecule has 0 spiro atoms. The Morgan fingerprint density at radius 3 is 1.23 bits per heavy atom. The summed E-state index contributed by atoms with van der Waals surface area (Å²) in [4.78, 5) is 26.1. The molecule has 366 valence electrons. The highest BCUT2D eigenvalue weighted by Gasteiger charge is 2.24. The number of amides is 1.